The van der Waals surface area contributed by atoms with Crippen molar-refractivity contribution >= 4 is 40.0 Å². The van der Waals surface area contributed by atoms with Crippen molar-refractivity contribution in [2.24, 2.45) is 7.05 Å². The molecule has 0 fully saturated rings. The number of carbonyl (C=O) groups is 1. The van der Waals surface area contributed by atoms with Crippen LogP contribution in [0.5, 0.6) is 0 Å². The second-order valence-electron chi connectivity index (χ2n) is 6.39. The topological polar surface area (TPSA) is 55.2 Å². The van der Waals surface area contributed by atoms with E-state index < -0.39 is 11.4 Å². The van der Waals surface area contributed by atoms with Crippen molar-refractivity contribution in [2.75, 3.05) is 7.05 Å². The summed E-state index contributed by atoms with van der Waals surface area (Å²) in [4.78, 5) is 31.6. The molecular formula is C20H19Cl2N3O2. The first-order valence-electron chi connectivity index (χ1n) is 8.43. The molecule has 1 amide bonds. The lowest BCUT2D eigenvalue weighted by atomic mass is 10.1. The molecule has 0 saturated carbocycles. The fourth-order valence-corrected chi connectivity index (χ4v) is 3.41. The maximum Gasteiger partial charge on any atom is 0.261 e. The van der Waals surface area contributed by atoms with Gasteiger partial charge in [0.25, 0.3) is 5.56 Å². The molecule has 0 spiro atoms. The van der Waals surface area contributed by atoms with E-state index in [2.05, 4.69) is 4.98 Å². The third kappa shape index (κ3) is 3.70. The zero-order valence-corrected chi connectivity index (χ0v) is 16.7. The van der Waals surface area contributed by atoms with Crippen molar-refractivity contribution in [3.63, 3.8) is 0 Å². The molecule has 1 aromatic heterocycles. The Labute approximate surface area is 167 Å². The maximum absolute atomic E-state index is 12.8. The highest BCUT2D eigenvalue weighted by Gasteiger charge is 2.27. The highest BCUT2D eigenvalue weighted by molar-refractivity contribution is 6.31. The molecule has 0 unspecified atom stereocenters. The number of likely N-dealkylation sites (N-methyl/N-ethyl adjacent to an activating group) is 1. The second kappa shape index (κ2) is 7.71. The lowest BCUT2D eigenvalue weighted by Gasteiger charge is -2.28. The number of rotatable bonds is 4. The maximum atomic E-state index is 12.8. The highest BCUT2D eigenvalue weighted by Crippen LogP contribution is 2.27. The average Bonchev–Trinajstić information content (AvgIpc) is 2.69. The Hall–Kier alpha value is -2.37. The molecule has 140 valence electrons. The van der Waals surface area contributed by atoms with Gasteiger partial charge in [0.2, 0.25) is 5.91 Å². The Morgan fingerprint density at radius 1 is 1.19 bits per heavy atom. The first kappa shape index (κ1) is 19.4. The van der Waals surface area contributed by atoms with Gasteiger partial charge in [-0.15, -0.1) is 11.6 Å². The fourth-order valence-electron chi connectivity index (χ4n) is 2.94. The molecule has 27 heavy (non-hydrogen) atoms. The van der Waals surface area contributed by atoms with Crippen molar-refractivity contribution in [1.82, 2.24) is 14.5 Å². The minimum atomic E-state index is -0.814. The molecule has 0 aliphatic carbocycles. The molecule has 0 radical (unpaired) electrons. The van der Waals surface area contributed by atoms with Crippen molar-refractivity contribution in [3.05, 3.63) is 75.3 Å². The number of aromatic nitrogens is 2. The predicted molar refractivity (Wildman–Crippen MR) is 108 cm³/mol. The Morgan fingerprint density at radius 2 is 1.85 bits per heavy atom. The molecule has 0 N–H and O–H groups in total. The van der Waals surface area contributed by atoms with Crippen LogP contribution in [0.25, 0.3) is 10.9 Å². The lowest BCUT2D eigenvalue weighted by molar-refractivity contribution is -0.131. The van der Waals surface area contributed by atoms with E-state index in [4.69, 9.17) is 23.2 Å². The van der Waals surface area contributed by atoms with Gasteiger partial charge in [-0.1, -0.05) is 41.9 Å². The first-order chi connectivity index (χ1) is 12.8. The lowest BCUT2D eigenvalue weighted by Crippen LogP contribution is -2.36. The summed E-state index contributed by atoms with van der Waals surface area (Å²) in [6.45, 7) is 1.81. The standard InChI is InChI=1S/C20H19Cl2N3O2/c1-12(24(2)20(27)17(22)13-7-5-4-6-8-13)18-23-16-11-14(21)9-10-15(16)19(26)25(18)3/h4-12,17H,1-3H3/t12-,17+/m0/s1. The molecule has 0 aliphatic rings. The fraction of sp³-hybridized carbons (Fsp3) is 0.250. The van der Waals surface area contributed by atoms with E-state index in [1.807, 2.05) is 25.1 Å². The number of carbonyl (C=O) groups excluding carboxylic acids is 1. The van der Waals surface area contributed by atoms with Gasteiger partial charge in [-0.3, -0.25) is 14.2 Å². The van der Waals surface area contributed by atoms with E-state index in [9.17, 15) is 9.59 Å². The average molecular weight is 404 g/mol. The molecule has 0 bridgehead atoms. The van der Waals surface area contributed by atoms with Gasteiger partial charge in [0, 0.05) is 19.1 Å². The Kier molecular flexibility index (Phi) is 5.53. The summed E-state index contributed by atoms with van der Waals surface area (Å²) < 4.78 is 1.45. The number of nitrogens with zero attached hydrogens (tertiary/aromatic N) is 3. The Bertz CT molecular complexity index is 1050. The first-order valence-corrected chi connectivity index (χ1v) is 9.24. The molecule has 3 rings (SSSR count). The monoisotopic (exact) mass is 403 g/mol. The molecule has 7 heteroatoms. The van der Waals surface area contributed by atoms with Gasteiger partial charge in [0.05, 0.1) is 16.9 Å². The normalized spacial score (nSPS) is 13.4. The van der Waals surface area contributed by atoms with E-state index in [0.29, 0.717) is 21.7 Å². The molecule has 3 aromatic rings. The van der Waals surface area contributed by atoms with Crippen molar-refractivity contribution < 1.29 is 4.79 Å². The minimum absolute atomic E-state index is 0.190. The van der Waals surface area contributed by atoms with Crippen LogP contribution in [0.2, 0.25) is 5.02 Å². The van der Waals surface area contributed by atoms with Crippen molar-refractivity contribution in [1.29, 1.82) is 0 Å². The summed E-state index contributed by atoms with van der Waals surface area (Å²) in [5, 5.41) is 0.160. The van der Waals surface area contributed by atoms with Crippen LogP contribution in [0, 0.1) is 0 Å². The molecule has 0 aliphatic heterocycles. The SMILES string of the molecule is C[C@@H](c1nc2cc(Cl)ccc2c(=O)n1C)N(C)C(=O)[C@H](Cl)c1ccccc1. The van der Waals surface area contributed by atoms with Gasteiger partial charge in [-0.2, -0.15) is 0 Å². The van der Waals surface area contributed by atoms with E-state index in [1.54, 1.807) is 44.4 Å². The molecule has 5 nitrogen and oxygen atoms in total. The number of hydrogen-bond acceptors (Lipinski definition) is 3. The number of halogens is 2. The molecule has 2 aromatic carbocycles. The van der Waals surface area contributed by atoms with E-state index in [1.165, 1.54) is 9.47 Å². The van der Waals surface area contributed by atoms with Crippen LogP contribution in [-0.4, -0.2) is 27.4 Å². The smallest absolute Gasteiger partial charge is 0.261 e. The summed E-state index contributed by atoms with van der Waals surface area (Å²) in [5.41, 5.74) is 1.03. The highest BCUT2D eigenvalue weighted by atomic mass is 35.5. The number of alkyl halides is 1. The van der Waals surface area contributed by atoms with Crippen LogP contribution in [-0.2, 0) is 11.8 Å². The zero-order chi connectivity index (χ0) is 19.7. The van der Waals surface area contributed by atoms with E-state index in [0.717, 1.165) is 5.56 Å². The third-order valence-corrected chi connectivity index (χ3v) is 5.36. The van der Waals surface area contributed by atoms with Crippen molar-refractivity contribution in [3.8, 4) is 0 Å². The number of hydrogen-bond donors (Lipinski definition) is 0. The van der Waals surface area contributed by atoms with Gasteiger partial charge >= 0.3 is 0 Å². The third-order valence-electron chi connectivity index (χ3n) is 4.68. The van der Waals surface area contributed by atoms with Crippen LogP contribution in [0.15, 0.2) is 53.3 Å². The van der Waals surface area contributed by atoms with Crippen LogP contribution >= 0.6 is 23.2 Å². The molecule has 0 saturated heterocycles. The Morgan fingerprint density at radius 3 is 2.52 bits per heavy atom. The van der Waals surface area contributed by atoms with Crippen molar-refractivity contribution in [2.45, 2.75) is 18.3 Å². The minimum Gasteiger partial charge on any atom is -0.334 e. The van der Waals surface area contributed by atoms with Crippen LogP contribution in [0.3, 0.4) is 0 Å². The summed E-state index contributed by atoms with van der Waals surface area (Å²) in [7, 11) is 3.29. The van der Waals surface area contributed by atoms with E-state index in [-0.39, 0.29) is 11.5 Å². The summed E-state index contributed by atoms with van der Waals surface area (Å²) >= 11 is 12.4. The number of fused-ring (bicyclic) bond motifs is 1. The largest absolute Gasteiger partial charge is 0.334 e. The number of amides is 1. The molecule has 2 atom stereocenters. The quantitative estimate of drug-likeness (QED) is 0.616. The van der Waals surface area contributed by atoms with Gasteiger partial charge in [0.15, 0.2) is 0 Å². The van der Waals surface area contributed by atoms with Crippen LogP contribution in [0.4, 0.5) is 0 Å². The summed E-state index contributed by atoms with van der Waals surface area (Å²) in [6.07, 6.45) is 0. The van der Waals surface area contributed by atoms with Gasteiger partial charge < -0.3 is 4.90 Å². The molecule has 1 heterocycles. The van der Waals surface area contributed by atoms with E-state index >= 15 is 0 Å². The molecular weight excluding hydrogens is 385 g/mol. The Balaban J connectivity index is 1.97. The van der Waals surface area contributed by atoms with Crippen LogP contribution in [0.1, 0.15) is 29.7 Å². The summed E-state index contributed by atoms with van der Waals surface area (Å²) in [6, 6.07) is 13.6. The van der Waals surface area contributed by atoms with Gasteiger partial charge in [0.1, 0.15) is 11.2 Å². The number of benzene rings is 2. The second-order valence-corrected chi connectivity index (χ2v) is 7.27. The van der Waals surface area contributed by atoms with Crippen LogP contribution < -0.4 is 5.56 Å². The predicted octanol–water partition coefficient (Wildman–Crippen LogP) is 4.09. The van der Waals surface area contributed by atoms with Gasteiger partial charge in [-0.05, 0) is 30.7 Å². The zero-order valence-electron chi connectivity index (χ0n) is 15.2. The summed E-state index contributed by atoms with van der Waals surface area (Å²) in [5.74, 6) is 0.193. The van der Waals surface area contributed by atoms with Gasteiger partial charge in [-0.25, -0.2) is 4.98 Å².